The van der Waals surface area contributed by atoms with Gasteiger partial charge in [-0.15, -0.1) is 0 Å². The summed E-state index contributed by atoms with van der Waals surface area (Å²) in [6, 6.07) is 4.30. The lowest BCUT2D eigenvalue weighted by Gasteiger charge is -2.24. The van der Waals surface area contributed by atoms with Gasteiger partial charge in [-0.05, 0) is 28.1 Å². The molecule has 0 aliphatic rings. The molecule has 0 saturated carbocycles. The highest BCUT2D eigenvalue weighted by molar-refractivity contribution is 9.10. The van der Waals surface area contributed by atoms with E-state index in [0.29, 0.717) is 9.50 Å². The number of carbonyl (C=O) groups is 2. The Labute approximate surface area is 127 Å². The lowest BCUT2D eigenvalue weighted by Crippen LogP contribution is -2.45. The number of alkyl halides is 3. The molecule has 0 saturated heterocycles. The summed E-state index contributed by atoms with van der Waals surface area (Å²) in [6.07, 6.45) is -4.60. The van der Waals surface area contributed by atoms with Crippen molar-refractivity contribution in [3.05, 3.63) is 28.5 Å². The zero-order valence-corrected chi connectivity index (χ0v) is 12.9. The van der Waals surface area contributed by atoms with Gasteiger partial charge in [-0.25, -0.2) is 4.98 Å². The number of amides is 2. The SMILES string of the molecule is CN(C)C(=O)CN(CC(F)(F)F)C(=O)c1cccc(Br)n1. The average molecular weight is 368 g/mol. The van der Waals surface area contributed by atoms with Crippen LogP contribution < -0.4 is 0 Å². The highest BCUT2D eigenvalue weighted by atomic mass is 79.9. The van der Waals surface area contributed by atoms with E-state index in [1.54, 1.807) is 0 Å². The number of likely N-dealkylation sites (N-methyl/N-ethyl adjacent to an activating group) is 1. The van der Waals surface area contributed by atoms with E-state index in [0.717, 1.165) is 4.90 Å². The molecule has 116 valence electrons. The smallest absolute Gasteiger partial charge is 0.347 e. The van der Waals surface area contributed by atoms with E-state index in [1.807, 2.05) is 0 Å². The predicted molar refractivity (Wildman–Crippen MR) is 72.6 cm³/mol. The third kappa shape index (κ3) is 5.70. The molecule has 1 aromatic heterocycles. The quantitative estimate of drug-likeness (QED) is 0.764. The van der Waals surface area contributed by atoms with Crippen LogP contribution in [0, 0.1) is 0 Å². The van der Waals surface area contributed by atoms with E-state index < -0.39 is 31.1 Å². The molecule has 0 aliphatic carbocycles. The van der Waals surface area contributed by atoms with Gasteiger partial charge in [0.25, 0.3) is 5.91 Å². The van der Waals surface area contributed by atoms with Crippen LogP contribution in [0.15, 0.2) is 22.8 Å². The zero-order valence-electron chi connectivity index (χ0n) is 11.3. The summed E-state index contributed by atoms with van der Waals surface area (Å²) in [5.74, 6) is -1.56. The molecule has 0 unspecified atom stereocenters. The first-order chi connectivity index (χ1) is 9.60. The molecule has 0 radical (unpaired) electrons. The third-order valence-electron chi connectivity index (χ3n) is 2.42. The van der Waals surface area contributed by atoms with E-state index in [2.05, 4.69) is 20.9 Å². The predicted octanol–water partition coefficient (Wildman–Crippen LogP) is 1.94. The van der Waals surface area contributed by atoms with Crippen LogP contribution in [-0.2, 0) is 4.79 Å². The van der Waals surface area contributed by atoms with Crippen molar-refractivity contribution in [1.29, 1.82) is 0 Å². The van der Waals surface area contributed by atoms with Crippen LogP contribution in [0.1, 0.15) is 10.5 Å². The maximum Gasteiger partial charge on any atom is 0.406 e. The van der Waals surface area contributed by atoms with Gasteiger partial charge >= 0.3 is 6.18 Å². The molecule has 1 aromatic rings. The Morgan fingerprint density at radius 2 is 1.90 bits per heavy atom. The minimum absolute atomic E-state index is 0.166. The molecule has 0 fully saturated rings. The molecule has 9 heteroatoms. The van der Waals surface area contributed by atoms with Gasteiger partial charge in [0.1, 0.15) is 23.4 Å². The van der Waals surface area contributed by atoms with E-state index in [9.17, 15) is 22.8 Å². The summed E-state index contributed by atoms with van der Waals surface area (Å²) in [4.78, 5) is 29.0. The molecular formula is C12H13BrF3N3O2. The van der Waals surface area contributed by atoms with Crippen molar-refractivity contribution in [3.63, 3.8) is 0 Å². The summed E-state index contributed by atoms with van der Waals surface area (Å²) in [6.45, 7) is -2.18. The molecule has 0 spiro atoms. The number of pyridine rings is 1. The van der Waals surface area contributed by atoms with E-state index in [1.165, 1.54) is 32.3 Å². The van der Waals surface area contributed by atoms with Crippen molar-refractivity contribution < 1.29 is 22.8 Å². The van der Waals surface area contributed by atoms with Gasteiger partial charge in [0.15, 0.2) is 0 Å². The number of halogens is 4. The van der Waals surface area contributed by atoms with Gasteiger partial charge in [0, 0.05) is 14.1 Å². The number of carbonyl (C=O) groups excluding carboxylic acids is 2. The summed E-state index contributed by atoms with van der Waals surface area (Å²) in [5, 5.41) is 0. The fourth-order valence-corrected chi connectivity index (χ4v) is 1.75. The molecule has 0 aromatic carbocycles. The number of hydrogen-bond acceptors (Lipinski definition) is 3. The van der Waals surface area contributed by atoms with Crippen molar-refractivity contribution in [2.45, 2.75) is 6.18 Å². The molecule has 21 heavy (non-hydrogen) atoms. The molecule has 5 nitrogen and oxygen atoms in total. The van der Waals surface area contributed by atoms with Gasteiger partial charge in [-0.3, -0.25) is 9.59 Å². The molecule has 0 aliphatic heterocycles. The second-order valence-electron chi connectivity index (χ2n) is 4.41. The van der Waals surface area contributed by atoms with Crippen LogP contribution in [0.2, 0.25) is 0 Å². The Balaban J connectivity index is 3.00. The summed E-state index contributed by atoms with van der Waals surface area (Å²) in [7, 11) is 2.80. The van der Waals surface area contributed by atoms with Crippen molar-refractivity contribution in [2.24, 2.45) is 0 Å². The lowest BCUT2D eigenvalue weighted by molar-refractivity contribution is -0.146. The topological polar surface area (TPSA) is 53.5 Å². The molecule has 0 N–H and O–H groups in total. The van der Waals surface area contributed by atoms with E-state index >= 15 is 0 Å². The zero-order chi connectivity index (χ0) is 16.2. The fraction of sp³-hybridized carbons (Fsp3) is 0.417. The van der Waals surface area contributed by atoms with Crippen LogP contribution >= 0.6 is 15.9 Å². The molecule has 1 rings (SSSR count). The van der Waals surface area contributed by atoms with Crippen molar-refractivity contribution >= 4 is 27.7 Å². The molecule has 2 amide bonds. The van der Waals surface area contributed by atoms with Gasteiger partial charge in [-0.2, -0.15) is 13.2 Å². The highest BCUT2D eigenvalue weighted by Gasteiger charge is 2.34. The third-order valence-corrected chi connectivity index (χ3v) is 2.86. The number of nitrogens with zero attached hydrogens (tertiary/aromatic N) is 3. The van der Waals surface area contributed by atoms with Gasteiger partial charge in [0.05, 0.1) is 0 Å². The minimum atomic E-state index is -4.60. The Morgan fingerprint density at radius 3 is 2.38 bits per heavy atom. The van der Waals surface area contributed by atoms with Crippen molar-refractivity contribution in [1.82, 2.24) is 14.8 Å². The number of rotatable bonds is 4. The van der Waals surface area contributed by atoms with Gasteiger partial charge in [0.2, 0.25) is 5.91 Å². The van der Waals surface area contributed by atoms with Gasteiger partial charge in [-0.1, -0.05) is 6.07 Å². The highest BCUT2D eigenvalue weighted by Crippen LogP contribution is 2.18. The first-order valence-corrected chi connectivity index (χ1v) is 6.58. The van der Waals surface area contributed by atoms with Crippen molar-refractivity contribution in [2.75, 3.05) is 27.2 Å². The Morgan fingerprint density at radius 1 is 1.29 bits per heavy atom. The summed E-state index contributed by atoms with van der Waals surface area (Å²) < 4.78 is 38.0. The van der Waals surface area contributed by atoms with Crippen LogP contribution in [-0.4, -0.2) is 60.0 Å². The average Bonchev–Trinajstić information content (AvgIpc) is 2.35. The normalized spacial score (nSPS) is 11.1. The largest absolute Gasteiger partial charge is 0.406 e. The van der Waals surface area contributed by atoms with Crippen LogP contribution in [0.4, 0.5) is 13.2 Å². The molecule has 0 atom stereocenters. The van der Waals surface area contributed by atoms with Crippen molar-refractivity contribution in [3.8, 4) is 0 Å². The second kappa shape index (κ2) is 6.88. The van der Waals surface area contributed by atoms with Crippen LogP contribution in [0.5, 0.6) is 0 Å². The first-order valence-electron chi connectivity index (χ1n) is 5.79. The monoisotopic (exact) mass is 367 g/mol. The Bertz CT molecular complexity index is 535. The standard InChI is InChI=1S/C12H13BrF3N3O2/c1-18(2)10(20)6-19(7-12(14,15)16)11(21)8-4-3-5-9(13)17-8/h3-5H,6-7H2,1-2H3. The second-order valence-corrected chi connectivity index (χ2v) is 5.22. The van der Waals surface area contributed by atoms with Gasteiger partial charge < -0.3 is 9.80 Å². The minimum Gasteiger partial charge on any atom is -0.347 e. The maximum atomic E-state index is 12.6. The lowest BCUT2D eigenvalue weighted by atomic mass is 10.3. The summed E-state index contributed by atoms with van der Waals surface area (Å²) in [5.41, 5.74) is -0.166. The molecular weight excluding hydrogens is 355 g/mol. The van der Waals surface area contributed by atoms with E-state index in [-0.39, 0.29) is 5.69 Å². The number of aromatic nitrogens is 1. The van der Waals surface area contributed by atoms with Crippen LogP contribution in [0.25, 0.3) is 0 Å². The Kier molecular flexibility index (Phi) is 5.70. The number of hydrogen-bond donors (Lipinski definition) is 0. The fourth-order valence-electron chi connectivity index (χ4n) is 1.41. The first kappa shape index (κ1) is 17.4. The summed E-state index contributed by atoms with van der Waals surface area (Å²) >= 11 is 3.04. The van der Waals surface area contributed by atoms with Crippen LogP contribution in [0.3, 0.4) is 0 Å². The Hall–Kier alpha value is -1.64. The molecule has 1 heterocycles. The molecule has 0 bridgehead atoms. The van der Waals surface area contributed by atoms with E-state index in [4.69, 9.17) is 0 Å². The maximum absolute atomic E-state index is 12.6.